The summed E-state index contributed by atoms with van der Waals surface area (Å²) >= 11 is 0. The Hall–Kier alpha value is -0.340. The molecule has 2 aliphatic heterocycles. The third-order valence-corrected chi connectivity index (χ3v) is 3.34. The summed E-state index contributed by atoms with van der Waals surface area (Å²) in [6.45, 7) is 8.56. The van der Waals surface area contributed by atoms with E-state index >= 15 is 0 Å². The van der Waals surface area contributed by atoms with Crippen LogP contribution in [0.4, 0.5) is 0 Å². The van der Waals surface area contributed by atoms with Crippen LogP contribution in [0.25, 0.3) is 0 Å². The summed E-state index contributed by atoms with van der Waals surface area (Å²) in [6, 6.07) is 0. The van der Waals surface area contributed by atoms with Gasteiger partial charge in [-0.15, -0.1) is 0 Å². The molecule has 0 aromatic rings. The van der Waals surface area contributed by atoms with E-state index in [9.17, 15) is 0 Å². The number of rotatable bonds is 1. The molecule has 2 aliphatic rings. The maximum absolute atomic E-state index is 5.50. The van der Waals surface area contributed by atoms with Gasteiger partial charge < -0.3 is 4.74 Å². The number of ether oxygens (including phenoxy) is 1. The second kappa shape index (κ2) is 2.86. The summed E-state index contributed by atoms with van der Waals surface area (Å²) in [7, 11) is 0. The van der Waals surface area contributed by atoms with Crippen molar-refractivity contribution in [3.8, 4) is 0 Å². The second-order valence-electron chi connectivity index (χ2n) is 3.76. The van der Waals surface area contributed by atoms with Gasteiger partial charge in [-0.3, -0.25) is 4.90 Å². The molecular formula is C10H17NO. The Labute approximate surface area is 74.2 Å². The number of nitrogens with zero attached hydrogens (tertiary/aromatic N) is 1. The molecule has 1 fully saturated rings. The van der Waals surface area contributed by atoms with E-state index in [2.05, 4.69) is 24.8 Å². The van der Waals surface area contributed by atoms with E-state index in [-0.39, 0.29) is 5.54 Å². The summed E-state index contributed by atoms with van der Waals surface area (Å²) in [4.78, 5) is 2.52. The van der Waals surface area contributed by atoms with Crippen LogP contribution in [0.3, 0.4) is 0 Å². The predicted octanol–water partition coefficient (Wildman–Crippen LogP) is 1.43. The molecule has 0 amide bonds. The molecule has 0 aromatic heterocycles. The fraction of sp³-hybridized carbons (Fsp3) is 0.800. The Kier molecular flexibility index (Phi) is 1.97. The molecule has 68 valence electrons. The number of likely N-dealkylation sites (N-methyl/N-ethyl adjacent to an activating group) is 1. The average molecular weight is 167 g/mol. The fourth-order valence-electron chi connectivity index (χ4n) is 2.41. The van der Waals surface area contributed by atoms with Gasteiger partial charge in [-0.25, -0.2) is 0 Å². The third-order valence-electron chi connectivity index (χ3n) is 3.34. The SMILES string of the molecule is CCN1CC=C(C)[C@]12CCOC2. The zero-order valence-corrected chi connectivity index (χ0v) is 7.97. The maximum Gasteiger partial charge on any atom is 0.0690 e. The van der Waals surface area contributed by atoms with Crippen molar-refractivity contribution in [2.24, 2.45) is 0 Å². The van der Waals surface area contributed by atoms with Crippen molar-refractivity contribution in [1.29, 1.82) is 0 Å². The van der Waals surface area contributed by atoms with Gasteiger partial charge in [0.25, 0.3) is 0 Å². The van der Waals surface area contributed by atoms with Crippen molar-refractivity contribution >= 4 is 0 Å². The molecule has 1 spiro atoms. The molecule has 0 unspecified atom stereocenters. The topological polar surface area (TPSA) is 12.5 Å². The van der Waals surface area contributed by atoms with E-state index in [0.717, 1.165) is 26.3 Å². The van der Waals surface area contributed by atoms with Crippen molar-refractivity contribution in [1.82, 2.24) is 4.90 Å². The van der Waals surface area contributed by atoms with Crippen LogP contribution in [0.15, 0.2) is 11.6 Å². The smallest absolute Gasteiger partial charge is 0.0690 e. The van der Waals surface area contributed by atoms with Crippen molar-refractivity contribution in [3.05, 3.63) is 11.6 Å². The molecule has 1 saturated heterocycles. The molecule has 0 bridgehead atoms. The Morgan fingerprint density at radius 3 is 3.08 bits per heavy atom. The van der Waals surface area contributed by atoms with Crippen LogP contribution in [0.2, 0.25) is 0 Å². The molecule has 1 atom stereocenters. The minimum Gasteiger partial charge on any atom is -0.379 e. The summed E-state index contributed by atoms with van der Waals surface area (Å²) in [5, 5.41) is 0. The van der Waals surface area contributed by atoms with Crippen LogP contribution in [0.5, 0.6) is 0 Å². The van der Waals surface area contributed by atoms with Crippen LogP contribution in [-0.2, 0) is 4.74 Å². The second-order valence-corrected chi connectivity index (χ2v) is 3.76. The van der Waals surface area contributed by atoms with Gasteiger partial charge in [-0.05, 0) is 19.9 Å². The lowest BCUT2D eigenvalue weighted by Gasteiger charge is -2.34. The Morgan fingerprint density at radius 2 is 2.50 bits per heavy atom. The van der Waals surface area contributed by atoms with E-state index < -0.39 is 0 Å². The number of hydrogen-bond donors (Lipinski definition) is 0. The van der Waals surface area contributed by atoms with Gasteiger partial charge in [0.05, 0.1) is 12.1 Å². The van der Waals surface area contributed by atoms with Gasteiger partial charge in [-0.1, -0.05) is 18.6 Å². The summed E-state index contributed by atoms with van der Waals surface area (Å²) in [5.41, 5.74) is 1.80. The van der Waals surface area contributed by atoms with Gasteiger partial charge in [0, 0.05) is 13.2 Å². The van der Waals surface area contributed by atoms with Gasteiger partial charge in [0.2, 0.25) is 0 Å². The van der Waals surface area contributed by atoms with E-state index in [0.29, 0.717) is 0 Å². The Morgan fingerprint density at radius 1 is 1.67 bits per heavy atom. The number of hydrogen-bond acceptors (Lipinski definition) is 2. The monoisotopic (exact) mass is 167 g/mol. The highest BCUT2D eigenvalue weighted by atomic mass is 16.5. The average Bonchev–Trinajstić information content (AvgIpc) is 2.65. The van der Waals surface area contributed by atoms with E-state index in [4.69, 9.17) is 4.74 Å². The highest BCUT2D eigenvalue weighted by Gasteiger charge is 2.43. The van der Waals surface area contributed by atoms with Crippen LogP contribution < -0.4 is 0 Å². The normalized spacial score (nSPS) is 36.3. The highest BCUT2D eigenvalue weighted by Crippen LogP contribution is 2.36. The molecule has 2 heterocycles. The first-order chi connectivity index (χ1) is 5.79. The highest BCUT2D eigenvalue weighted by molar-refractivity contribution is 5.26. The minimum absolute atomic E-state index is 0.286. The van der Waals surface area contributed by atoms with Crippen LogP contribution in [0, 0.1) is 0 Å². The van der Waals surface area contributed by atoms with E-state index in [1.807, 2.05) is 0 Å². The molecule has 2 nitrogen and oxygen atoms in total. The molecule has 0 N–H and O–H groups in total. The zero-order chi connectivity index (χ0) is 8.60. The summed E-state index contributed by atoms with van der Waals surface area (Å²) in [5.74, 6) is 0. The van der Waals surface area contributed by atoms with Crippen molar-refractivity contribution in [2.45, 2.75) is 25.8 Å². The first kappa shape index (κ1) is 8.27. The lowest BCUT2D eigenvalue weighted by molar-refractivity contribution is 0.118. The zero-order valence-electron chi connectivity index (χ0n) is 7.97. The van der Waals surface area contributed by atoms with Crippen molar-refractivity contribution < 1.29 is 4.74 Å². The fourth-order valence-corrected chi connectivity index (χ4v) is 2.41. The van der Waals surface area contributed by atoms with Gasteiger partial charge in [0.15, 0.2) is 0 Å². The standard InChI is InChI=1S/C10H17NO/c1-3-11-6-4-9(2)10(11)5-7-12-8-10/h4H,3,5-8H2,1-2H3/t10-/m1/s1. The molecule has 0 saturated carbocycles. The van der Waals surface area contributed by atoms with Gasteiger partial charge >= 0.3 is 0 Å². The lowest BCUT2D eigenvalue weighted by Crippen LogP contribution is -2.46. The molecule has 12 heavy (non-hydrogen) atoms. The van der Waals surface area contributed by atoms with Crippen LogP contribution >= 0.6 is 0 Å². The van der Waals surface area contributed by atoms with Gasteiger partial charge in [0.1, 0.15) is 0 Å². The van der Waals surface area contributed by atoms with E-state index in [1.54, 1.807) is 0 Å². The largest absolute Gasteiger partial charge is 0.379 e. The third kappa shape index (κ3) is 0.947. The quantitative estimate of drug-likeness (QED) is 0.548. The first-order valence-corrected chi connectivity index (χ1v) is 4.79. The molecule has 2 heteroatoms. The predicted molar refractivity (Wildman–Crippen MR) is 49.2 cm³/mol. The molecule has 0 aromatic carbocycles. The summed E-state index contributed by atoms with van der Waals surface area (Å²) in [6.07, 6.45) is 3.53. The van der Waals surface area contributed by atoms with Crippen molar-refractivity contribution in [3.63, 3.8) is 0 Å². The van der Waals surface area contributed by atoms with E-state index in [1.165, 1.54) is 12.0 Å². The molecule has 0 aliphatic carbocycles. The van der Waals surface area contributed by atoms with Crippen LogP contribution in [0.1, 0.15) is 20.3 Å². The minimum atomic E-state index is 0.286. The Bertz CT molecular complexity index is 204. The van der Waals surface area contributed by atoms with Gasteiger partial charge in [-0.2, -0.15) is 0 Å². The van der Waals surface area contributed by atoms with Crippen LogP contribution in [-0.4, -0.2) is 36.7 Å². The Balaban J connectivity index is 2.23. The maximum atomic E-state index is 5.50. The van der Waals surface area contributed by atoms with Crippen molar-refractivity contribution in [2.75, 3.05) is 26.3 Å². The first-order valence-electron chi connectivity index (χ1n) is 4.79. The molecule has 2 rings (SSSR count). The summed E-state index contributed by atoms with van der Waals surface area (Å²) < 4.78 is 5.50. The molecular weight excluding hydrogens is 150 g/mol. The molecule has 0 radical (unpaired) electrons. The lowest BCUT2D eigenvalue weighted by atomic mass is 9.91.